The van der Waals surface area contributed by atoms with Crippen molar-refractivity contribution in [2.75, 3.05) is 20.1 Å². The second-order valence-corrected chi connectivity index (χ2v) is 13.9. The molecule has 1 fully saturated rings. The average molecular weight is 601 g/mol. The van der Waals surface area contributed by atoms with Crippen molar-refractivity contribution >= 4 is 50.0 Å². The molecule has 2 aromatic heterocycles. The molecule has 218 valence electrons. The molecule has 8 heteroatoms. The maximum absolute atomic E-state index is 13.1. The minimum absolute atomic E-state index is 0.0287. The van der Waals surface area contributed by atoms with Crippen molar-refractivity contribution in [2.24, 2.45) is 0 Å². The molecule has 5 aromatic rings. The Kier molecular flexibility index (Phi) is 7.50. The van der Waals surface area contributed by atoms with Gasteiger partial charge >= 0.3 is 0 Å². The number of Topliss-reactive ketones (excluding diaryl/α,β-unsaturated/α-hetero) is 1. The van der Waals surface area contributed by atoms with Crippen LogP contribution in [0.5, 0.6) is 0 Å². The van der Waals surface area contributed by atoms with Gasteiger partial charge in [0, 0.05) is 34.3 Å². The van der Waals surface area contributed by atoms with Crippen LogP contribution in [0.25, 0.3) is 42.9 Å². The van der Waals surface area contributed by atoms with E-state index in [4.69, 9.17) is 26.3 Å². The summed E-state index contributed by atoms with van der Waals surface area (Å²) in [5.74, 6) is 1.02. The first kappa shape index (κ1) is 29.0. The molecule has 2 atom stereocenters. The summed E-state index contributed by atoms with van der Waals surface area (Å²) in [7, 11) is 2.18. The molecule has 0 aliphatic carbocycles. The number of halogens is 1. The molecule has 6 rings (SSSR count). The van der Waals surface area contributed by atoms with E-state index in [1.807, 2.05) is 52.0 Å². The Morgan fingerprint density at radius 1 is 1.05 bits per heavy atom. The summed E-state index contributed by atoms with van der Waals surface area (Å²) >= 11 is 7.94. The van der Waals surface area contributed by atoms with E-state index < -0.39 is 11.7 Å². The van der Waals surface area contributed by atoms with E-state index >= 15 is 0 Å². The van der Waals surface area contributed by atoms with E-state index in [2.05, 4.69) is 47.7 Å². The van der Waals surface area contributed by atoms with E-state index in [1.54, 1.807) is 18.3 Å². The van der Waals surface area contributed by atoms with Gasteiger partial charge in [0.1, 0.15) is 16.9 Å². The molecule has 1 saturated heterocycles. The highest BCUT2D eigenvalue weighted by molar-refractivity contribution is 7.22. The fourth-order valence-electron chi connectivity index (χ4n) is 6.20. The number of ether oxygens (including phenoxy) is 1. The summed E-state index contributed by atoms with van der Waals surface area (Å²) < 4.78 is 9.84. The van der Waals surface area contributed by atoms with Gasteiger partial charge in [-0.15, -0.1) is 11.3 Å². The molecule has 0 N–H and O–H groups in total. The smallest absolute Gasteiger partial charge is 0.163 e. The number of thiazole rings is 1. The maximum Gasteiger partial charge on any atom is 0.163 e. The Hall–Kier alpha value is -3.10. The third kappa shape index (κ3) is 5.39. The number of imidazole rings is 1. The van der Waals surface area contributed by atoms with Gasteiger partial charge in [0.05, 0.1) is 26.9 Å². The van der Waals surface area contributed by atoms with Crippen molar-refractivity contribution in [1.29, 1.82) is 0 Å². The second-order valence-electron chi connectivity index (χ2n) is 12.5. The van der Waals surface area contributed by atoms with Crippen molar-refractivity contribution in [3.63, 3.8) is 0 Å². The molecule has 0 saturated carbocycles. The van der Waals surface area contributed by atoms with E-state index in [0.717, 1.165) is 79.4 Å². The van der Waals surface area contributed by atoms with Gasteiger partial charge in [-0.05, 0) is 109 Å². The number of aromatic nitrogens is 3. The van der Waals surface area contributed by atoms with Crippen LogP contribution in [0.4, 0.5) is 0 Å². The lowest BCUT2D eigenvalue weighted by atomic mass is 9.90. The van der Waals surface area contributed by atoms with Crippen LogP contribution in [0.15, 0.2) is 48.5 Å². The third-order valence-corrected chi connectivity index (χ3v) is 9.40. The first-order valence-electron chi connectivity index (χ1n) is 14.5. The SMILES string of the molecule is CC(=O)[C@@H](OC(C)(C)C)c1c(C)cc2nc(-c3ccc4nc(C)n([C@H]5CCN(C)C5)c4c3)sc2c1-c1ccc(Cl)cc1. The molecule has 0 unspecified atom stereocenters. The summed E-state index contributed by atoms with van der Waals surface area (Å²) in [5.41, 5.74) is 7.44. The van der Waals surface area contributed by atoms with Crippen LogP contribution >= 0.6 is 22.9 Å². The van der Waals surface area contributed by atoms with Crippen molar-refractivity contribution in [3.05, 3.63) is 70.5 Å². The molecular formula is C34H37ClN4O2S. The Bertz CT molecular complexity index is 1820. The van der Waals surface area contributed by atoms with Gasteiger partial charge in [0.15, 0.2) is 5.78 Å². The van der Waals surface area contributed by atoms with Crippen molar-refractivity contribution < 1.29 is 9.53 Å². The number of benzene rings is 3. The molecule has 1 aliphatic rings. The topological polar surface area (TPSA) is 60.2 Å². The minimum Gasteiger partial charge on any atom is -0.360 e. The molecule has 3 heterocycles. The zero-order valence-electron chi connectivity index (χ0n) is 25.3. The summed E-state index contributed by atoms with van der Waals surface area (Å²) in [6.07, 6.45) is 0.415. The fourth-order valence-corrected chi connectivity index (χ4v) is 7.45. The van der Waals surface area contributed by atoms with E-state index in [-0.39, 0.29) is 5.78 Å². The van der Waals surface area contributed by atoms with Crippen molar-refractivity contribution in [1.82, 2.24) is 19.4 Å². The highest BCUT2D eigenvalue weighted by Crippen LogP contribution is 2.45. The van der Waals surface area contributed by atoms with Gasteiger partial charge < -0.3 is 14.2 Å². The number of likely N-dealkylation sites (tertiary alicyclic amines) is 1. The number of rotatable bonds is 6. The fraction of sp³-hybridized carbons (Fsp3) is 0.382. The Morgan fingerprint density at radius 3 is 2.40 bits per heavy atom. The molecule has 0 spiro atoms. The minimum atomic E-state index is -0.705. The zero-order chi connectivity index (χ0) is 29.9. The lowest BCUT2D eigenvalue weighted by molar-refractivity contribution is -0.138. The number of fused-ring (bicyclic) bond motifs is 2. The van der Waals surface area contributed by atoms with Gasteiger partial charge in [-0.1, -0.05) is 23.7 Å². The number of carbonyl (C=O) groups is 1. The van der Waals surface area contributed by atoms with Crippen molar-refractivity contribution in [2.45, 2.75) is 65.7 Å². The highest BCUT2D eigenvalue weighted by atomic mass is 35.5. The lowest BCUT2D eigenvalue weighted by Crippen LogP contribution is -2.27. The molecule has 0 radical (unpaired) electrons. The summed E-state index contributed by atoms with van der Waals surface area (Å²) in [5, 5.41) is 1.60. The first-order chi connectivity index (χ1) is 19.9. The van der Waals surface area contributed by atoms with Crippen LogP contribution in [0, 0.1) is 13.8 Å². The normalized spacial score (nSPS) is 17.0. The number of nitrogens with zero attached hydrogens (tertiary/aromatic N) is 4. The molecule has 42 heavy (non-hydrogen) atoms. The van der Waals surface area contributed by atoms with Crippen LogP contribution in [0.3, 0.4) is 0 Å². The number of aryl methyl sites for hydroxylation is 2. The van der Waals surface area contributed by atoms with Gasteiger partial charge in [-0.3, -0.25) is 4.79 Å². The highest BCUT2D eigenvalue weighted by Gasteiger charge is 2.31. The van der Waals surface area contributed by atoms with Crippen LogP contribution in [0.1, 0.15) is 63.2 Å². The number of hydrogen-bond donors (Lipinski definition) is 0. The van der Waals surface area contributed by atoms with Crippen LogP contribution in [-0.4, -0.2) is 51.0 Å². The maximum atomic E-state index is 13.1. The molecule has 1 aliphatic heterocycles. The van der Waals surface area contributed by atoms with Gasteiger partial charge in [0.2, 0.25) is 0 Å². The standard InChI is InChI=1S/C34H37ClN4O2S/c1-19-16-27-32(30(22-8-11-24(35)12-9-22)29(19)31(20(2)40)41-34(4,5)6)42-33(37-27)23-10-13-26-28(17-23)39(21(3)36-26)25-14-15-38(7)18-25/h8-13,16-17,25,31H,14-15,18H2,1-7H3/t25-,31+/m0/s1. The number of likely N-dealkylation sites (N-methyl/N-ethyl adjacent to an activating group) is 1. The van der Waals surface area contributed by atoms with Crippen LogP contribution in [0.2, 0.25) is 5.02 Å². The molecular weight excluding hydrogens is 564 g/mol. The van der Waals surface area contributed by atoms with Gasteiger partial charge in [-0.2, -0.15) is 0 Å². The average Bonchev–Trinajstić information content (AvgIpc) is 3.62. The number of hydrogen-bond acceptors (Lipinski definition) is 6. The van der Waals surface area contributed by atoms with Crippen LogP contribution < -0.4 is 0 Å². The Balaban J connectivity index is 1.55. The van der Waals surface area contributed by atoms with Gasteiger partial charge in [0.25, 0.3) is 0 Å². The summed E-state index contributed by atoms with van der Waals surface area (Å²) in [6, 6.07) is 16.8. The Morgan fingerprint density at radius 2 is 1.76 bits per heavy atom. The third-order valence-electron chi connectivity index (χ3n) is 8.01. The quantitative estimate of drug-likeness (QED) is 0.195. The molecule has 6 nitrogen and oxygen atoms in total. The lowest BCUT2D eigenvalue weighted by Gasteiger charge is -2.29. The summed E-state index contributed by atoms with van der Waals surface area (Å²) in [4.78, 5) is 25.5. The monoisotopic (exact) mass is 600 g/mol. The zero-order valence-corrected chi connectivity index (χ0v) is 26.9. The first-order valence-corrected chi connectivity index (χ1v) is 15.6. The predicted octanol–water partition coefficient (Wildman–Crippen LogP) is 8.57. The molecule has 3 aromatic carbocycles. The second kappa shape index (κ2) is 10.9. The molecule has 0 bridgehead atoms. The number of ketones is 1. The largest absolute Gasteiger partial charge is 0.360 e. The predicted molar refractivity (Wildman–Crippen MR) is 174 cm³/mol. The van der Waals surface area contributed by atoms with Crippen LogP contribution in [-0.2, 0) is 9.53 Å². The Labute approximate surface area is 256 Å². The number of carbonyl (C=O) groups excluding carboxylic acids is 1. The molecule has 0 amide bonds. The van der Waals surface area contributed by atoms with E-state index in [9.17, 15) is 4.79 Å². The van der Waals surface area contributed by atoms with Gasteiger partial charge in [-0.25, -0.2) is 9.97 Å². The van der Waals surface area contributed by atoms with E-state index in [0.29, 0.717) is 11.1 Å². The van der Waals surface area contributed by atoms with E-state index in [1.165, 1.54) is 0 Å². The van der Waals surface area contributed by atoms with Crippen molar-refractivity contribution in [3.8, 4) is 21.7 Å². The summed E-state index contributed by atoms with van der Waals surface area (Å²) in [6.45, 7) is 13.8.